The fourth-order valence-electron chi connectivity index (χ4n) is 1.55. The van der Waals surface area contributed by atoms with Crippen LogP contribution in [0, 0.1) is 18.3 Å². The van der Waals surface area contributed by atoms with Gasteiger partial charge in [-0.2, -0.15) is 14.0 Å². The third-order valence-corrected chi connectivity index (χ3v) is 4.23. The van der Waals surface area contributed by atoms with Crippen molar-refractivity contribution in [1.82, 2.24) is 4.98 Å². The molecule has 0 aliphatic carbocycles. The number of hydrogen-bond acceptors (Lipinski definition) is 5. The molecule has 0 bridgehead atoms. The number of nitriles is 1. The Balaban J connectivity index is 2.21. The fraction of sp³-hybridized carbons (Fsp3) is 0.143. The molecule has 108 valence electrons. The summed E-state index contributed by atoms with van der Waals surface area (Å²) in [5, 5.41) is 14.5. The molecule has 1 aromatic carbocycles. The predicted molar refractivity (Wildman–Crippen MR) is 82.4 cm³/mol. The van der Waals surface area contributed by atoms with Gasteiger partial charge in [0.05, 0.1) is 5.69 Å². The van der Waals surface area contributed by atoms with Crippen LogP contribution in [0.15, 0.2) is 40.7 Å². The van der Waals surface area contributed by atoms with E-state index in [9.17, 15) is 8.78 Å². The number of anilines is 1. The van der Waals surface area contributed by atoms with Gasteiger partial charge in [-0.3, -0.25) is 0 Å². The second kappa shape index (κ2) is 7.20. The van der Waals surface area contributed by atoms with Crippen LogP contribution >= 0.6 is 23.1 Å². The van der Waals surface area contributed by atoms with E-state index in [2.05, 4.69) is 16.4 Å². The molecule has 0 aliphatic heterocycles. The van der Waals surface area contributed by atoms with Gasteiger partial charge in [-0.25, -0.2) is 4.98 Å². The lowest BCUT2D eigenvalue weighted by molar-refractivity contribution is 0.252. The Bertz CT molecular complexity index is 690. The number of aryl methyl sites for hydroxylation is 1. The van der Waals surface area contributed by atoms with Crippen molar-refractivity contribution in [3.05, 3.63) is 46.5 Å². The molecular weight excluding hydrogens is 312 g/mol. The highest BCUT2D eigenvalue weighted by atomic mass is 32.2. The maximum Gasteiger partial charge on any atom is 0.288 e. The minimum atomic E-state index is -2.49. The number of thiazole rings is 1. The number of para-hydroxylation sites is 1. The minimum Gasteiger partial charge on any atom is -0.359 e. The average Bonchev–Trinajstić information content (AvgIpc) is 2.87. The number of nitrogens with zero attached hydrogens (tertiary/aromatic N) is 2. The first-order chi connectivity index (χ1) is 10.1. The van der Waals surface area contributed by atoms with Crippen LogP contribution in [0.3, 0.4) is 0 Å². The largest absolute Gasteiger partial charge is 0.359 e. The Labute approximate surface area is 129 Å². The van der Waals surface area contributed by atoms with Crippen LogP contribution in [0.1, 0.15) is 10.7 Å². The van der Waals surface area contributed by atoms with E-state index in [1.165, 1.54) is 17.5 Å². The Kier molecular flexibility index (Phi) is 5.31. The van der Waals surface area contributed by atoms with Crippen molar-refractivity contribution in [2.75, 3.05) is 5.32 Å². The van der Waals surface area contributed by atoms with Gasteiger partial charge in [-0.05, 0) is 19.1 Å². The zero-order valence-electron chi connectivity index (χ0n) is 11.0. The van der Waals surface area contributed by atoms with E-state index in [0.717, 1.165) is 5.69 Å². The number of nitrogens with one attached hydrogen (secondary N) is 1. The molecule has 0 saturated heterocycles. The van der Waals surface area contributed by atoms with Crippen molar-refractivity contribution in [3.8, 4) is 6.07 Å². The van der Waals surface area contributed by atoms with Gasteiger partial charge in [0, 0.05) is 22.2 Å². The summed E-state index contributed by atoms with van der Waals surface area (Å²) in [6, 6.07) is 8.77. The van der Waals surface area contributed by atoms with Gasteiger partial charge in [0.15, 0.2) is 0 Å². The minimum absolute atomic E-state index is 0.366. The lowest BCUT2D eigenvalue weighted by Crippen LogP contribution is -1.94. The molecule has 7 heteroatoms. The van der Waals surface area contributed by atoms with Gasteiger partial charge in [0.2, 0.25) is 0 Å². The summed E-state index contributed by atoms with van der Waals surface area (Å²) >= 11 is 1.83. The number of halogens is 2. The summed E-state index contributed by atoms with van der Waals surface area (Å²) in [5.74, 6) is -2.49. The summed E-state index contributed by atoms with van der Waals surface area (Å²) in [6.45, 7) is 1.84. The smallest absolute Gasteiger partial charge is 0.288 e. The number of benzene rings is 1. The molecule has 2 rings (SSSR count). The van der Waals surface area contributed by atoms with Crippen molar-refractivity contribution < 1.29 is 8.78 Å². The maximum absolute atomic E-state index is 12.5. The van der Waals surface area contributed by atoms with Crippen molar-refractivity contribution in [3.63, 3.8) is 0 Å². The van der Waals surface area contributed by atoms with Gasteiger partial charge in [0.25, 0.3) is 5.76 Å². The van der Waals surface area contributed by atoms with Gasteiger partial charge in [-0.15, -0.1) is 11.3 Å². The van der Waals surface area contributed by atoms with E-state index in [-0.39, 0.29) is 0 Å². The molecule has 0 fully saturated rings. The Morgan fingerprint density at radius 1 is 1.48 bits per heavy atom. The second-order valence-electron chi connectivity index (χ2n) is 3.98. The van der Waals surface area contributed by atoms with E-state index in [4.69, 9.17) is 5.26 Å². The van der Waals surface area contributed by atoms with E-state index in [1.807, 2.05) is 12.3 Å². The standard InChI is InChI=1S/C14H11F2N3S2/c1-9-8-20-13(19-9)10(6-17)7-18-11-4-2-3-5-12(11)21-14(15)16/h2-5,7-8,14,18H,1H3/b10-7+. The van der Waals surface area contributed by atoms with E-state index < -0.39 is 5.76 Å². The molecule has 0 spiro atoms. The third kappa shape index (κ3) is 4.28. The third-order valence-electron chi connectivity index (χ3n) is 2.44. The Morgan fingerprint density at radius 3 is 2.86 bits per heavy atom. The summed E-state index contributed by atoms with van der Waals surface area (Å²) in [6.07, 6.45) is 1.49. The number of aromatic nitrogens is 1. The molecule has 3 nitrogen and oxygen atoms in total. The fourth-order valence-corrected chi connectivity index (χ4v) is 2.92. The molecule has 1 aromatic heterocycles. The molecule has 0 amide bonds. The first-order valence-electron chi connectivity index (χ1n) is 5.93. The van der Waals surface area contributed by atoms with Crippen LogP contribution in [-0.4, -0.2) is 10.7 Å². The van der Waals surface area contributed by atoms with Gasteiger partial charge >= 0.3 is 0 Å². The number of rotatable bonds is 5. The highest BCUT2D eigenvalue weighted by molar-refractivity contribution is 7.99. The van der Waals surface area contributed by atoms with Crippen molar-refractivity contribution >= 4 is 34.4 Å². The highest BCUT2D eigenvalue weighted by Gasteiger charge is 2.10. The zero-order valence-corrected chi connectivity index (χ0v) is 12.6. The van der Waals surface area contributed by atoms with Crippen LogP contribution in [0.25, 0.3) is 5.57 Å². The van der Waals surface area contributed by atoms with E-state index in [1.54, 1.807) is 24.3 Å². The molecule has 0 aliphatic rings. The molecule has 0 unspecified atom stereocenters. The molecule has 0 atom stereocenters. The number of allylic oxidation sites excluding steroid dienone is 1. The monoisotopic (exact) mass is 323 g/mol. The summed E-state index contributed by atoms with van der Waals surface area (Å²) < 4.78 is 25.0. The van der Waals surface area contributed by atoms with Crippen molar-refractivity contribution in [2.24, 2.45) is 0 Å². The summed E-state index contributed by atoms with van der Waals surface area (Å²) in [7, 11) is 0. The van der Waals surface area contributed by atoms with Crippen molar-refractivity contribution in [2.45, 2.75) is 17.6 Å². The molecule has 2 aromatic rings. The van der Waals surface area contributed by atoms with Gasteiger partial charge in [-0.1, -0.05) is 23.9 Å². The first-order valence-corrected chi connectivity index (χ1v) is 7.69. The van der Waals surface area contributed by atoms with Gasteiger partial charge in [0.1, 0.15) is 16.6 Å². The van der Waals surface area contributed by atoms with E-state index in [0.29, 0.717) is 32.9 Å². The van der Waals surface area contributed by atoms with Crippen LogP contribution in [-0.2, 0) is 0 Å². The first kappa shape index (κ1) is 15.5. The average molecular weight is 323 g/mol. The molecule has 1 N–H and O–H groups in total. The van der Waals surface area contributed by atoms with Crippen LogP contribution in [0.5, 0.6) is 0 Å². The van der Waals surface area contributed by atoms with Crippen LogP contribution < -0.4 is 5.32 Å². The summed E-state index contributed by atoms with van der Waals surface area (Å²) in [5.41, 5.74) is 1.73. The molecule has 21 heavy (non-hydrogen) atoms. The highest BCUT2D eigenvalue weighted by Crippen LogP contribution is 2.32. The molecular formula is C14H11F2N3S2. The SMILES string of the molecule is Cc1csc(/C(C#N)=C/Nc2ccccc2SC(F)F)n1. The molecule has 0 radical (unpaired) electrons. The topological polar surface area (TPSA) is 48.7 Å². The zero-order chi connectivity index (χ0) is 15.2. The quantitative estimate of drug-likeness (QED) is 0.637. The molecule has 1 heterocycles. The number of hydrogen-bond donors (Lipinski definition) is 1. The Morgan fingerprint density at radius 2 is 2.24 bits per heavy atom. The number of thioether (sulfide) groups is 1. The number of alkyl halides is 2. The van der Waals surface area contributed by atoms with E-state index >= 15 is 0 Å². The maximum atomic E-state index is 12.5. The van der Waals surface area contributed by atoms with Crippen molar-refractivity contribution in [1.29, 1.82) is 5.26 Å². The van der Waals surface area contributed by atoms with Crippen LogP contribution in [0.2, 0.25) is 0 Å². The summed E-state index contributed by atoms with van der Waals surface area (Å²) in [4.78, 5) is 4.65. The normalized spacial score (nSPS) is 11.5. The lowest BCUT2D eigenvalue weighted by atomic mass is 10.3. The van der Waals surface area contributed by atoms with Gasteiger partial charge < -0.3 is 5.32 Å². The predicted octanol–water partition coefficient (Wildman–Crippen LogP) is 4.74. The second-order valence-corrected chi connectivity index (χ2v) is 5.87. The lowest BCUT2D eigenvalue weighted by Gasteiger charge is -2.08. The molecule has 0 saturated carbocycles. The Hall–Kier alpha value is -1.91. The van der Waals surface area contributed by atoms with Crippen LogP contribution in [0.4, 0.5) is 14.5 Å².